The largest absolute Gasteiger partial charge is 0.476 e. The fraction of sp³-hybridized carbons (Fsp3) is 0.576. The highest BCUT2D eigenvalue weighted by Crippen LogP contribution is 2.41. The summed E-state index contributed by atoms with van der Waals surface area (Å²) in [5, 5.41) is 18.5. The maximum Gasteiger partial charge on any atom is 0.219 e. The summed E-state index contributed by atoms with van der Waals surface area (Å²) in [6, 6.07) is 8.79. The van der Waals surface area contributed by atoms with E-state index in [4.69, 9.17) is 25.0 Å². The number of hydrogen-bond donors (Lipinski definition) is 2. The minimum atomic E-state index is 0.168. The van der Waals surface area contributed by atoms with Crippen LogP contribution in [0.15, 0.2) is 22.7 Å². The normalized spacial score (nSPS) is 21.3. The zero-order valence-corrected chi connectivity index (χ0v) is 25.9. The Morgan fingerprint density at radius 2 is 2.09 bits per heavy atom. The lowest BCUT2D eigenvalue weighted by Crippen LogP contribution is -2.57. The molecule has 1 spiro atoms. The molecular formula is C33H44N8O2. The first-order chi connectivity index (χ1) is 20.8. The number of nitriles is 1. The summed E-state index contributed by atoms with van der Waals surface area (Å²) in [6.45, 7) is 9.89. The van der Waals surface area contributed by atoms with Gasteiger partial charge in [0.1, 0.15) is 18.5 Å². The van der Waals surface area contributed by atoms with E-state index in [1.54, 1.807) is 6.07 Å². The number of nitrogens with zero attached hydrogens (tertiary/aromatic N) is 6. The van der Waals surface area contributed by atoms with Crippen LogP contribution >= 0.6 is 0 Å². The van der Waals surface area contributed by atoms with Gasteiger partial charge in [-0.3, -0.25) is 0 Å². The molecule has 10 nitrogen and oxygen atoms in total. The van der Waals surface area contributed by atoms with Gasteiger partial charge < -0.3 is 30.1 Å². The molecule has 3 aromatic rings. The van der Waals surface area contributed by atoms with Crippen molar-refractivity contribution in [3.63, 3.8) is 0 Å². The third-order valence-corrected chi connectivity index (χ3v) is 9.33. The van der Waals surface area contributed by atoms with E-state index in [9.17, 15) is 5.26 Å². The molecule has 1 aromatic carbocycles. The average Bonchev–Trinajstić information content (AvgIpc) is 3.39. The monoisotopic (exact) mass is 584 g/mol. The van der Waals surface area contributed by atoms with Crippen LogP contribution < -0.4 is 20.7 Å². The Balaban J connectivity index is 1.45. The second kappa shape index (κ2) is 12.1. The first-order valence-corrected chi connectivity index (χ1v) is 15.9. The van der Waals surface area contributed by atoms with Crippen molar-refractivity contribution in [1.29, 1.82) is 5.26 Å². The van der Waals surface area contributed by atoms with E-state index in [-0.39, 0.29) is 5.54 Å². The lowest BCUT2D eigenvalue weighted by molar-refractivity contribution is 0.193. The van der Waals surface area contributed by atoms with E-state index < -0.39 is 0 Å². The number of nitrogens with two attached hydrogens (primary N) is 1. The minimum Gasteiger partial charge on any atom is -0.476 e. The number of likely N-dealkylation sites (tertiary alicyclic amines) is 1. The Morgan fingerprint density at radius 1 is 1.26 bits per heavy atom. The van der Waals surface area contributed by atoms with Crippen molar-refractivity contribution in [3.8, 4) is 34.8 Å². The number of aryl methyl sites for hydroxylation is 1. The molecule has 228 valence electrons. The smallest absolute Gasteiger partial charge is 0.219 e. The van der Waals surface area contributed by atoms with Crippen LogP contribution in [0.25, 0.3) is 22.8 Å². The van der Waals surface area contributed by atoms with Gasteiger partial charge in [0.15, 0.2) is 17.3 Å². The number of unbranched alkanes of at least 4 members (excludes halogenated alkanes) is 1. The van der Waals surface area contributed by atoms with Gasteiger partial charge in [0.05, 0.1) is 11.3 Å². The first kappa shape index (κ1) is 29.4. The fourth-order valence-corrected chi connectivity index (χ4v) is 6.73. The number of likely N-dealkylation sites (N-methyl/N-ethyl adjacent to an activating group) is 1. The standard InChI is InChI=1S/C33H44N8O2/c1-5-7-10-24-30(39-43-31(24)29-22(6-2)11-12-26(35)25(29)17-34)32-36-27(41-18-21(3)38-33(20-41)13-14-33)16-28(37-32)42-19-23-9-8-15-40(23)4/h11-12,16,21,23,38H,5-10,13-15,18-20,35H2,1-4H3/t21-,23?/m1/s1. The summed E-state index contributed by atoms with van der Waals surface area (Å²) in [5.74, 6) is 2.48. The van der Waals surface area contributed by atoms with Crippen LogP contribution in [0.1, 0.15) is 76.0 Å². The molecular weight excluding hydrogens is 540 g/mol. The van der Waals surface area contributed by atoms with Gasteiger partial charge in [0.25, 0.3) is 0 Å². The van der Waals surface area contributed by atoms with E-state index in [0.717, 1.165) is 74.2 Å². The number of rotatable bonds is 10. The van der Waals surface area contributed by atoms with Crippen molar-refractivity contribution < 1.29 is 9.26 Å². The number of piperazine rings is 1. The minimum absolute atomic E-state index is 0.168. The molecule has 0 amide bonds. The lowest BCUT2D eigenvalue weighted by Gasteiger charge is -2.39. The molecule has 6 rings (SSSR count). The Kier molecular flexibility index (Phi) is 8.29. The predicted octanol–water partition coefficient (Wildman–Crippen LogP) is 4.96. The van der Waals surface area contributed by atoms with Crippen molar-refractivity contribution in [2.75, 3.05) is 43.9 Å². The SMILES string of the molecule is CCCCc1c(-c2nc(OCC3CCCN3C)cc(N3C[C@@H](C)NC4(CC4)C3)n2)noc1-c1c(CC)ccc(N)c1C#N. The van der Waals surface area contributed by atoms with Crippen LogP contribution in [0.2, 0.25) is 0 Å². The van der Waals surface area contributed by atoms with Crippen LogP contribution in [-0.4, -0.2) is 70.9 Å². The van der Waals surface area contributed by atoms with Crippen molar-refractivity contribution >= 4 is 11.5 Å². The molecule has 3 aliphatic rings. The number of anilines is 2. The van der Waals surface area contributed by atoms with Crippen molar-refractivity contribution in [3.05, 3.63) is 34.9 Å². The molecule has 10 heteroatoms. The average molecular weight is 585 g/mol. The molecule has 2 saturated heterocycles. The number of aromatic nitrogens is 3. The summed E-state index contributed by atoms with van der Waals surface area (Å²) >= 11 is 0. The van der Waals surface area contributed by atoms with E-state index >= 15 is 0 Å². The molecule has 4 heterocycles. The van der Waals surface area contributed by atoms with Gasteiger partial charge in [-0.15, -0.1) is 0 Å². The van der Waals surface area contributed by atoms with Crippen molar-refractivity contribution in [2.24, 2.45) is 0 Å². The molecule has 0 bridgehead atoms. The molecule has 3 fully saturated rings. The molecule has 1 aliphatic carbocycles. The van der Waals surface area contributed by atoms with Gasteiger partial charge in [-0.1, -0.05) is 31.5 Å². The Bertz CT molecular complexity index is 1510. The zero-order valence-electron chi connectivity index (χ0n) is 25.9. The highest BCUT2D eigenvalue weighted by atomic mass is 16.5. The molecule has 1 saturated carbocycles. The van der Waals surface area contributed by atoms with Crippen molar-refractivity contribution in [1.82, 2.24) is 25.3 Å². The first-order valence-electron chi connectivity index (χ1n) is 15.9. The third kappa shape index (κ3) is 5.93. The van der Waals surface area contributed by atoms with Gasteiger partial charge in [-0.25, -0.2) is 4.98 Å². The van der Waals surface area contributed by atoms with Crippen LogP contribution in [0.5, 0.6) is 5.88 Å². The van der Waals surface area contributed by atoms with Crippen LogP contribution in [0, 0.1) is 11.3 Å². The van der Waals surface area contributed by atoms with Crippen molar-refractivity contribution in [2.45, 2.75) is 89.8 Å². The van der Waals surface area contributed by atoms with Crippen LogP contribution in [0.3, 0.4) is 0 Å². The highest BCUT2D eigenvalue weighted by Gasteiger charge is 2.47. The lowest BCUT2D eigenvalue weighted by atomic mass is 9.92. The predicted molar refractivity (Wildman–Crippen MR) is 168 cm³/mol. The second-order valence-electron chi connectivity index (χ2n) is 12.7. The quantitative estimate of drug-likeness (QED) is 0.315. The third-order valence-electron chi connectivity index (χ3n) is 9.33. The summed E-state index contributed by atoms with van der Waals surface area (Å²) in [4.78, 5) is 14.8. The molecule has 43 heavy (non-hydrogen) atoms. The Hall–Kier alpha value is -3.68. The number of nitrogen functional groups attached to an aromatic ring is 1. The highest BCUT2D eigenvalue weighted by molar-refractivity contribution is 5.81. The molecule has 0 radical (unpaired) electrons. The number of benzene rings is 1. The topological polar surface area (TPSA) is 129 Å². The summed E-state index contributed by atoms with van der Waals surface area (Å²) < 4.78 is 12.5. The Morgan fingerprint density at radius 3 is 2.79 bits per heavy atom. The molecule has 2 aromatic heterocycles. The zero-order chi connectivity index (χ0) is 30.1. The van der Waals surface area contributed by atoms with E-state index in [2.05, 4.69) is 54.2 Å². The molecule has 2 atom stereocenters. The maximum atomic E-state index is 10.1. The number of ether oxygens (including phenoxy) is 1. The Labute approximate surface area is 254 Å². The number of nitrogens with one attached hydrogen (secondary N) is 1. The number of hydrogen-bond acceptors (Lipinski definition) is 10. The van der Waals surface area contributed by atoms with Gasteiger partial charge in [0, 0.05) is 47.9 Å². The van der Waals surface area contributed by atoms with E-state index in [1.165, 1.54) is 19.3 Å². The second-order valence-corrected chi connectivity index (χ2v) is 12.7. The van der Waals surface area contributed by atoms with Crippen LogP contribution in [-0.2, 0) is 12.8 Å². The summed E-state index contributed by atoms with van der Waals surface area (Å²) in [6.07, 6.45) is 8.04. The molecule has 1 unspecified atom stereocenters. The molecule has 3 N–H and O–H groups in total. The molecule has 2 aliphatic heterocycles. The van der Waals surface area contributed by atoms with Crippen LogP contribution in [0.4, 0.5) is 11.5 Å². The van der Waals surface area contributed by atoms with Gasteiger partial charge in [-0.05, 0) is 77.1 Å². The van der Waals surface area contributed by atoms with Gasteiger partial charge in [-0.2, -0.15) is 10.2 Å². The maximum absolute atomic E-state index is 10.1. The van der Waals surface area contributed by atoms with E-state index in [1.807, 2.05) is 12.1 Å². The summed E-state index contributed by atoms with van der Waals surface area (Å²) in [5.41, 5.74) is 10.5. The van der Waals surface area contributed by atoms with Gasteiger partial charge >= 0.3 is 0 Å². The van der Waals surface area contributed by atoms with E-state index in [0.29, 0.717) is 53.1 Å². The summed E-state index contributed by atoms with van der Waals surface area (Å²) in [7, 11) is 2.16. The fourth-order valence-electron chi connectivity index (χ4n) is 6.73. The van der Waals surface area contributed by atoms with Gasteiger partial charge in [0.2, 0.25) is 5.88 Å².